The lowest BCUT2D eigenvalue weighted by Crippen LogP contribution is -2.59. The largest absolute Gasteiger partial charge is 0.481 e. The molecule has 0 aromatic carbocycles. The number of alkyl halides is 2. The first-order valence-electron chi connectivity index (χ1n) is 7.75. The van der Waals surface area contributed by atoms with Crippen LogP contribution in [0.1, 0.15) is 19.3 Å². The Bertz CT molecular complexity index is 812. The molecule has 0 amide bonds. The lowest BCUT2D eigenvalue weighted by molar-refractivity contribution is -0.182. The summed E-state index contributed by atoms with van der Waals surface area (Å²) in [5.74, 6) is -6.50. The summed E-state index contributed by atoms with van der Waals surface area (Å²) in [5.41, 5.74) is 0.622. The predicted molar refractivity (Wildman–Crippen MR) is 82.3 cm³/mol. The van der Waals surface area contributed by atoms with Crippen molar-refractivity contribution < 1.29 is 18.7 Å². The molecule has 0 spiro atoms. The standard InChI is InChI=1S/C15H15ClF2N4O2/c16-14-20-12(9-2-1-5-22(9)21-14)19-11-7-3-4-8(10(11)13(23)24)15(17,18)6-7/h1-2,5,7-8,10-11H,3-4,6H2,(H,23,24)(H,19,20,21)/t7-,8-,10-,11+/m0/s1. The third-order valence-electron chi connectivity index (χ3n) is 5.21. The van der Waals surface area contributed by atoms with Gasteiger partial charge in [0.2, 0.25) is 5.28 Å². The minimum absolute atomic E-state index is 0.000580. The molecule has 6 nitrogen and oxygen atoms in total. The van der Waals surface area contributed by atoms with E-state index in [9.17, 15) is 18.7 Å². The number of carbonyl (C=O) groups is 1. The van der Waals surface area contributed by atoms with Crippen LogP contribution < -0.4 is 5.32 Å². The van der Waals surface area contributed by atoms with Crippen molar-refractivity contribution in [3.8, 4) is 0 Å². The molecular formula is C15H15ClF2N4O2. The molecule has 3 saturated carbocycles. The predicted octanol–water partition coefficient (Wildman–Crippen LogP) is 2.93. The van der Waals surface area contributed by atoms with E-state index in [2.05, 4.69) is 15.4 Å². The first-order valence-corrected chi connectivity index (χ1v) is 8.12. The number of nitrogens with one attached hydrogen (secondary N) is 1. The maximum absolute atomic E-state index is 14.1. The monoisotopic (exact) mass is 356 g/mol. The smallest absolute Gasteiger partial charge is 0.309 e. The van der Waals surface area contributed by atoms with Gasteiger partial charge < -0.3 is 10.4 Å². The van der Waals surface area contributed by atoms with Crippen LogP contribution in [0, 0.1) is 17.8 Å². The summed E-state index contributed by atoms with van der Waals surface area (Å²) < 4.78 is 29.8. The van der Waals surface area contributed by atoms with E-state index >= 15 is 0 Å². The van der Waals surface area contributed by atoms with Crippen molar-refractivity contribution in [3.63, 3.8) is 0 Å². The quantitative estimate of drug-likeness (QED) is 0.884. The summed E-state index contributed by atoms with van der Waals surface area (Å²) in [7, 11) is 0. The number of halogens is 3. The third-order valence-corrected chi connectivity index (χ3v) is 5.37. The van der Waals surface area contributed by atoms with Crippen LogP contribution in [0.4, 0.5) is 14.6 Å². The number of hydrogen-bond acceptors (Lipinski definition) is 4. The molecule has 9 heteroatoms. The number of carboxylic acid groups (broad SMARTS) is 1. The van der Waals surface area contributed by atoms with Gasteiger partial charge in [-0.25, -0.2) is 13.3 Å². The molecule has 0 unspecified atom stereocenters. The first-order chi connectivity index (χ1) is 11.4. The average Bonchev–Trinajstić information content (AvgIpc) is 2.95. The lowest BCUT2D eigenvalue weighted by Gasteiger charge is -2.50. The van der Waals surface area contributed by atoms with Crippen molar-refractivity contribution in [2.75, 3.05) is 5.32 Å². The van der Waals surface area contributed by atoms with Crippen LogP contribution in [0.2, 0.25) is 5.28 Å². The van der Waals surface area contributed by atoms with Crippen LogP contribution in [-0.4, -0.2) is 37.6 Å². The molecule has 2 N–H and O–H groups in total. The van der Waals surface area contributed by atoms with Crippen LogP contribution in [0.25, 0.3) is 5.52 Å². The van der Waals surface area contributed by atoms with E-state index in [4.69, 9.17) is 11.6 Å². The Hall–Kier alpha value is -1.96. The second kappa shape index (κ2) is 5.27. The zero-order chi connectivity index (χ0) is 17.1. The van der Waals surface area contributed by atoms with Gasteiger partial charge in [-0.05, 0) is 42.5 Å². The van der Waals surface area contributed by atoms with Crippen LogP contribution >= 0.6 is 11.6 Å². The molecule has 2 aromatic rings. The molecule has 0 aliphatic heterocycles. The highest BCUT2D eigenvalue weighted by Gasteiger charge is 2.60. The van der Waals surface area contributed by atoms with Crippen LogP contribution in [-0.2, 0) is 4.79 Å². The van der Waals surface area contributed by atoms with E-state index in [1.807, 2.05) is 0 Å². The molecule has 2 heterocycles. The topological polar surface area (TPSA) is 79.5 Å². The van der Waals surface area contributed by atoms with Crippen LogP contribution in [0.3, 0.4) is 0 Å². The van der Waals surface area contributed by atoms with Gasteiger partial charge in [-0.1, -0.05) is 0 Å². The van der Waals surface area contributed by atoms with Gasteiger partial charge in [-0.3, -0.25) is 4.79 Å². The molecule has 24 heavy (non-hydrogen) atoms. The second-order valence-electron chi connectivity index (χ2n) is 6.51. The average molecular weight is 357 g/mol. The van der Waals surface area contributed by atoms with E-state index in [0.717, 1.165) is 0 Å². The second-order valence-corrected chi connectivity index (χ2v) is 6.85. The van der Waals surface area contributed by atoms with Crippen molar-refractivity contribution >= 4 is 28.9 Å². The minimum Gasteiger partial charge on any atom is -0.481 e. The Balaban J connectivity index is 1.72. The molecule has 2 bridgehead atoms. The van der Waals surface area contributed by atoms with Gasteiger partial charge in [0.1, 0.15) is 5.52 Å². The highest BCUT2D eigenvalue weighted by molar-refractivity contribution is 6.28. The van der Waals surface area contributed by atoms with Crippen molar-refractivity contribution in [2.24, 2.45) is 17.8 Å². The number of hydrogen-bond donors (Lipinski definition) is 2. The molecule has 3 aliphatic rings. The molecule has 128 valence electrons. The summed E-state index contributed by atoms with van der Waals surface area (Å²) in [6.07, 6.45) is 2.20. The van der Waals surface area contributed by atoms with E-state index < -0.39 is 35.7 Å². The van der Waals surface area contributed by atoms with E-state index in [1.165, 1.54) is 4.52 Å². The van der Waals surface area contributed by atoms with Crippen LogP contribution in [0.5, 0.6) is 0 Å². The molecule has 3 fully saturated rings. The third kappa shape index (κ3) is 2.31. The van der Waals surface area contributed by atoms with E-state index in [1.54, 1.807) is 18.3 Å². The fourth-order valence-electron chi connectivity index (χ4n) is 4.21. The van der Waals surface area contributed by atoms with Gasteiger partial charge in [-0.2, -0.15) is 4.98 Å². The Kier molecular flexibility index (Phi) is 3.42. The molecule has 4 atom stereocenters. The fourth-order valence-corrected chi connectivity index (χ4v) is 4.37. The Morgan fingerprint density at radius 1 is 1.46 bits per heavy atom. The number of nitrogens with zero attached hydrogens (tertiary/aromatic N) is 3. The SMILES string of the molecule is O=C(O)[C@@H]1[C@H](Nc2nc(Cl)nn3cccc23)[C@H]2CC[C@@H]1C(F)(F)C2. The Labute approximate surface area is 140 Å². The van der Waals surface area contributed by atoms with Crippen molar-refractivity contribution in [2.45, 2.75) is 31.2 Å². The summed E-state index contributed by atoms with van der Waals surface area (Å²) in [6.45, 7) is 0. The van der Waals surface area contributed by atoms with E-state index in [-0.39, 0.29) is 18.1 Å². The van der Waals surface area contributed by atoms with Gasteiger partial charge in [0.05, 0.1) is 5.92 Å². The molecule has 5 rings (SSSR count). The maximum atomic E-state index is 14.1. The Morgan fingerprint density at radius 3 is 2.96 bits per heavy atom. The van der Waals surface area contributed by atoms with Gasteiger partial charge in [0, 0.05) is 24.6 Å². The summed E-state index contributed by atoms with van der Waals surface area (Å²) in [4.78, 5) is 15.8. The molecule has 3 aliphatic carbocycles. The number of aromatic nitrogens is 3. The van der Waals surface area contributed by atoms with Gasteiger partial charge in [0.25, 0.3) is 5.92 Å². The maximum Gasteiger partial charge on any atom is 0.309 e. The lowest BCUT2D eigenvalue weighted by atomic mass is 9.59. The normalized spacial score (nSPS) is 31.3. The number of carboxylic acids is 1. The highest BCUT2D eigenvalue weighted by atomic mass is 35.5. The van der Waals surface area contributed by atoms with E-state index in [0.29, 0.717) is 17.8 Å². The van der Waals surface area contributed by atoms with Gasteiger partial charge >= 0.3 is 5.97 Å². The number of rotatable bonds is 3. The number of anilines is 1. The summed E-state index contributed by atoms with van der Waals surface area (Å²) in [6, 6.07) is 2.90. The van der Waals surface area contributed by atoms with Gasteiger partial charge in [0.15, 0.2) is 5.82 Å². The Morgan fingerprint density at radius 2 is 2.25 bits per heavy atom. The van der Waals surface area contributed by atoms with Crippen LogP contribution in [0.15, 0.2) is 18.3 Å². The van der Waals surface area contributed by atoms with Crippen molar-refractivity contribution in [3.05, 3.63) is 23.6 Å². The summed E-state index contributed by atoms with van der Waals surface area (Å²) in [5, 5.41) is 16.6. The molecule has 0 saturated heterocycles. The highest BCUT2D eigenvalue weighted by Crippen LogP contribution is 2.54. The minimum atomic E-state index is -2.93. The summed E-state index contributed by atoms with van der Waals surface area (Å²) >= 11 is 5.90. The zero-order valence-corrected chi connectivity index (χ0v) is 13.2. The zero-order valence-electron chi connectivity index (χ0n) is 12.5. The fraction of sp³-hybridized carbons (Fsp3) is 0.533. The number of fused-ring (bicyclic) bond motifs is 4. The van der Waals surface area contributed by atoms with Crippen molar-refractivity contribution in [1.82, 2.24) is 14.6 Å². The molecule has 0 radical (unpaired) electrons. The first kappa shape index (κ1) is 15.6. The molecule has 2 aromatic heterocycles. The van der Waals surface area contributed by atoms with Gasteiger partial charge in [-0.15, -0.1) is 5.10 Å². The van der Waals surface area contributed by atoms with Crippen molar-refractivity contribution in [1.29, 1.82) is 0 Å². The number of aliphatic carboxylic acids is 1. The molecular weight excluding hydrogens is 342 g/mol.